The molecule has 1 aromatic rings. The Labute approximate surface area is 117 Å². The number of aromatic nitrogens is 1. The van der Waals surface area contributed by atoms with E-state index >= 15 is 0 Å². The lowest BCUT2D eigenvalue weighted by Crippen LogP contribution is -2.36. The van der Waals surface area contributed by atoms with Crippen molar-refractivity contribution in [2.75, 3.05) is 20.6 Å². The van der Waals surface area contributed by atoms with Crippen molar-refractivity contribution in [1.82, 2.24) is 14.2 Å². The zero-order valence-corrected chi connectivity index (χ0v) is 12.3. The van der Waals surface area contributed by atoms with E-state index in [1.807, 2.05) is 0 Å². The Kier molecular flexibility index (Phi) is 4.90. The third-order valence-electron chi connectivity index (χ3n) is 2.65. The Bertz CT molecular complexity index is 618. The predicted octanol–water partition coefficient (Wildman–Crippen LogP) is -0.427. The number of hydrogen-bond acceptors (Lipinski definition) is 4. The SMILES string of the molecule is CCn1cc(S(=O)(=O)NCC(=O)N(C)C)cc1C(=O)O. The van der Waals surface area contributed by atoms with Crippen molar-refractivity contribution in [1.29, 1.82) is 0 Å². The highest BCUT2D eigenvalue weighted by Crippen LogP contribution is 2.14. The van der Waals surface area contributed by atoms with Crippen LogP contribution in [0.1, 0.15) is 17.4 Å². The van der Waals surface area contributed by atoms with Crippen molar-refractivity contribution in [2.45, 2.75) is 18.4 Å². The summed E-state index contributed by atoms with van der Waals surface area (Å²) in [6.07, 6.45) is 1.23. The summed E-state index contributed by atoms with van der Waals surface area (Å²) in [5, 5.41) is 8.97. The van der Waals surface area contributed by atoms with Gasteiger partial charge in [-0.05, 0) is 13.0 Å². The number of nitrogens with zero attached hydrogens (tertiary/aromatic N) is 2. The molecular formula is C11H17N3O5S. The van der Waals surface area contributed by atoms with Crippen LogP contribution in [0, 0.1) is 0 Å². The van der Waals surface area contributed by atoms with Crippen LogP contribution in [0.2, 0.25) is 0 Å². The summed E-state index contributed by atoms with van der Waals surface area (Å²) in [4.78, 5) is 23.4. The van der Waals surface area contributed by atoms with Gasteiger partial charge in [0.25, 0.3) is 0 Å². The maximum atomic E-state index is 12.0. The van der Waals surface area contributed by atoms with E-state index in [1.54, 1.807) is 6.92 Å². The molecule has 0 fully saturated rings. The van der Waals surface area contributed by atoms with Crippen molar-refractivity contribution < 1.29 is 23.1 Å². The number of aryl methyl sites for hydroxylation is 1. The molecule has 0 aliphatic rings. The Morgan fingerprint density at radius 2 is 2.00 bits per heavy atom. The summed E-state index contributed by atoms with van der Waals surface area (Å²) in [7, 11) is -0.902. The van der Waals surface area contributed by atoms with Gasteiger partial charge >= 0.3 is 5.97 Å². The second kappa shape index (κ2) is 6.06. The van der Waals surface area contributed by atoms with Gasteiger partial charge in [-0.3, -0.25) is 4.79 Å². The van der Waals surface area contributed by atoms with Gasteiger partial charge in [0.2, 0.25) is 15.9 Å². The van der Waals surface area contributed by atoms with Gasteiger partial charge in [-0.25, -0.2) is 17.9 Å². The molecule has 8 nitrogen and oxygen atoms in total. The van der Waals surface area contributed by atoms with Gasteiger partial charge < -0.3 is 14.6 Å². The van der Waals surface area contributed by atoms with Crippen LogP contribution in [0.25, 0.3) is 0 Å². The number of carbonyl (C=O) groups excluding carboxylic acids is 1. The van der Waals surface area contributed by atoms with Crippen LogP contribution in [0.3, 0.4) is 0 Å². The van der Waals surface area contributed by atoms with E-state index in [1.165, 1.54) is 29.8 Å². The lowest BCUT2D eigenvalue weighted by Gasteiger charge is -2.10. The van der Waals surface area contributed by atoms with E-state index in [9.17, 15) is 18.0 Å². The molecule has 0 atom stereocenters. The van der Waals surface area contributed by atoms with E-state index in [-0.39, 0.29) is 17.1 Å². The zero-order valence-electron chi connectivity index (χ0n) is 11.5. The summed E-state index contributed by atoms with van der Waals surface area (Å²) >= 11 is 0. The van der Waals surface area contributed by atoms with Gasteiger partial charge in [0.15, 0.2) is 0 Å². The molecule has 1 aromatic heterocycles. The van der Waals surface area contributed by atoms with Gasteiger partial charge in [-0.2, -0.15) is 0 Å². The topological polar surface area (TPSA) is 109 Å². The maximum absolute atomic E-state index is 12.0. The highest BCUT2D eigenvalue weighted by atomic mass is 32.2. The van der Waals surface area contributed by atoms with Gasteiger partial charge in [0.05, 0.1) is 6.54 Å². The Balaban J connectivity index is 2.99. The summed E-state index contributed by atoms with van der Waals surface area (Å²) in [6.45, 7) is 1.65. The number of hydrogen-bond donors (Lipinski definition) is 2. The minimum atomic E-state index is -3.92. The fourth-order valence-corrected chi connectivity index (χ4v) is 2.48. The van der Waals surface area contributed by atoms with Crippen LogP contribution in [0.4, 0.5) is 0 Å². The molecule has 0 spiro atoms. The molecule has 1 rings (SSSR count). The predicted molar refractivity (Wildman–Crippen MR) is 70.9 cm³/mol. The largest absolute Gasteiger partial charge is 0.477 e. The van der Waals surface area contributed by atoms with Crippen molar-refractivity contribution in [3.63, 3.8) is 0 Å². The number of carboxylic acid groups (broad SMARTS) is 1. The minimum Gasteiger partial charge on any atom is -0.477 e. The number of rotatable bonds is 6. The Morgan fingerprint density at radius 1 is 1.40 bits per heavy atom. The molecule has 0 saturated heterocycles. The molecule has 0 aliphatic heterocycles. The van der Waals surface area contributed by atoms with E-state index in [2.05, 4.69) is 4.72 Å². The molecule has 0 aliphatic carbocycles. The molecule has 0 saturated carbocycles. The molecule has 2 N–H and O–H groups in total. The number of nitrogens with one attached hydrogen (secondary N) is 1. The minimum absolute atomic E-state index is 0.119. The van der Waals surface area contributed by atoms with Crippen LogP contribution in [0.5, 0.6) is 0 Å². The molecule has 0 radical (unpaired) electrons. The summed E-state index contributed by atoms with van der Waals surface area (Å²) < 4.78 is 27.4. The average Bonchev–Trinajstić information content (AvgIpc) is 2.80. The summed E-state index contributed by atoms with van der Waals surface area (Å²) in [5.74, 6) is -1.61. The van der Waals surface area contributed by atoms with E-state index < -0.39 is 21.9 Å². The quantitative estimate of drug-likeness (QED) is 0.741. The third kappa shape index (κ3) is 3.58. The summed E-state index contributed by atoms with van der Waals surface area (Å²) in [5.41, 5.74) is -0.119. The van der Waals surface area contributed by atoms with Crippen LogP contribution in [-0.2, 0) is 21.4 Å². The molecule has 0 aromatic carbocycles. The van der Waals surface area contributed by atoms with Crippen molar-refractivity contribution in [3.05, 3.63) is 18.0 Å². The van der Waals surface area contributed by atoms with Crippen LogP contribution < -0.4 is 4.72 Å². The van der Waals surface area contributed by atoms with Crippen LogP contribution in [0.15, 0.2) is 17.2 Å². The maximum Gasteiger partial charge on any atom is 0.352 e. The monoisotopic (exact) mass is 303 g/mol. The number of likely N-dealkylation sites (N-methyl/N-ethyl adjacent to an activating group) is 1. The van der Waals surface area contributed by atoms with Gasteiger partial charge in [-0.15, -0.1) is 0 Å². The van der Waals surface area contributed by atoms with Gasteiger partial charge in [0, 0.05) is 26.8 Å². The standard InChI is InChI=1S/C11H17N3O5S/c1-4-14-7-8(5-9(14)11(16)17)20(18,19)12-6-10(15)13(2)3/h5,7,12H,4,6H2,1-3H3,(H,16,17). The molecule has 1 amide bonds. The molecule has 1 heterocycles. The third-order valence-corrected chi connectivity index (χ3v) is 4.02. The molecule has 0 bridgehead atoms. The zero-order chi connectivity index (χ0) is 15.5. The van der Waals surface area contributed by atoms with E-state index in [4.69, 9.17) is 5.11 Å². The first kappa shape index (κ1) is 16.2. The highest BCUT2D eigenvalue weighted by Gasteiger charge is 2.21. The molecule has 112 valence electrons. The lowest BCUT2D eigenvalue weighted by atomic mass is 10.4. The first-order valence-electron chi connectivity index (χ1n) is 5.82. The Morgan fingerprint density at radius 3 is 2.40 bits per heavy atom. The molecular weight excluding hydrogens is 286 g/mol. The number of sulfonamides is 1. The number of carboxylic acids is 1. The number of aromatic carboxylic acids is 1. The summed E-state index contributed by atoms with van der Waals surface area (Å²) in [6, 6.07) is 1.06. The average molecular weight is 303 g/mol. The van der Waals surface area contributed by atoms with Crippen molar-refractivity contribution >= 4 is 21.9 Å². The van der Waals surface area contributed by atoms with Crippen molar-refractivity contribution in [2.24, 2.45) is 0 Å². The van der Waals surface area contributed by atoms with Gasteiger partial charge in [0.1, 0.15) is 10.6 Å². The van der Waals surface area contributed by atoms with Crippen LogP contribution in [-0.4, -0.2) is 55.5 Å². The number of amides is 1. The normalized spacial score (nSPS) is 11.3. The fourth-order valence-electron chi connectivity index (χ4n) is 1.47. The lowest BCUT2D eigenvalue weighted by molar-refractivity contribution is -0.127. The molecule has 0 unspecified atom stereocenters. The molecule has 9 heteroatoms. The first-order chi connectivity index (χ1) is 9.19. The first-order valence-corrected chi connectivity index (χ1v) is 7.30. The fraction of sp³-hybridized carbons (Fsp3) is 0.455. The Hall–Kier alpha value is -1.87. The van der Waals surface area contributed by atoms with E-state index in [0.29, 0.717) is 6.54 Å². The second-order valence-electron chi connectivity index (χ2n) is 4.26. The molecule has 20 heavy (non-hydrogen) atoms. The van der Waals surface area contributed by atoms with E-state index in [0.717, 1.165) is 6.07 Å². The van der Waals surface area contributed by atoms with Gasteiger partial charge in [-0.1, -0.05) is 0 Å². The number of carbonyl (C=O) groups is 2. The highest BCUT2D eigenvalue weighted by molar-refractivity contribution is 7.89. The smallest absolute Gasteiger partial charge is 0.352 e. The second-order valence-corrected chi connectivity index (χ2v) is 6.03. The van der Waals surface area contributed by atoms with Crippen molar-refractivity contribution in [3.8, 4) is 0 Å². The van der Waals surface area contributed by atoms with Crippen LogP contribution >= 0.6 is 0 Å².